The maximum absolute atomic E-state index is 13.0. The van der Waals surface area contributed by atoms with Crippen LogP contribution in [0.25, 0.3) is 17.4 Å². The number of carbonyl (C=O) groups excluding carboxylic acids is 2. The van der Waals surface area contributed by atoms with Crippen molar-refractivity contribution in [2.75, 3.05) is 4.90 Å². The number of carboxylic acid groups (broad SMARTS) is 1. The van der Waals surface area contributed by atoms with Crippen LogP contribution in [0.15, 0.2) is 76.7 Å². The third kappa shape index (κ3) is 3.63. The molecule has 0 radical (unpaired) electrons. The van der Waals surface area contributed by atoms with Crippen LogP contribution in [0.4, 0.5) is 5.69 Å². The second kappa shape index (κ2) is 7.76. The monoisotopic (exact) mass is 418 g/mol. The van der Waals surface area contributed by atoms with Gasteiger partial charge in [-0.15, -0.1) is 0 Å². The second-order valence-electron chi connectivity index (χ2n) is 6.38. The van der Waals surface area contributed by atoms with E-state index in [1.165, 1.54) is 30.3 Å². The Morgan fingerprint density at radius 2 is 1.70 bits per heavy atom. The Hall–Kier alpha value is -4.04. The lowest BCUT2D eigenvalue weighted by Crippen LogP contribution is -2.54. The summed E-state index contributed by atoms with van der Waals surface area (Å²) in [5, 5.41) is 11.4. The van der Waals surface area contributed by atoms with Crippen LogP contribution in [0.3, 0.4) is 0 Å². The van der Waals surface area contributed by atoms with Gasteiger partial charge in [-0.25, -0.2) is 4.79 Å². The van der Waals surface area contributed by atoms with Gasteiger partial charge in [0.15, 0.2) is 5.11 Å². The summed E-state index contributed by atoms with van der Waals surface area (Å²) in [6, 6.07) is 18.4. The molecule has 0 aliphatic carbocycles. The number of carbonyl (C=O) groups is 3. The molecule has 1 aromatic heterocycles. The summed E-state index contributed by atoms with van der Waals surface area (Å²) in [5.74, 6) is -1.43. The molecule has 148 valence electrons. The summed E-state index contributed by atoms with van der Waals surface area (Å²) in [5.41, 5.74) is 1.12. The lowest BCUT2D eigenvalue weighted by molar-refractivity contribution is -0.122. The van der Waals surface area contributed by atoms with Crippen molar-refractivity contribution in [1.29, 1.82) is 0 Å². The number of hydrogen-bond acceptors (Lipinski definition) is 5. The molecule has 0 unspecified atom stereocenters. The second-order valence-corrected chi connectivity index (χ2v) is 6.76. The Kier molecular flexibility index (Phi) is 4.99. The first kappa shape index (κ1) is 19.3. The minimum absolute atomic E-state index is 0.0676. The Morgan fingerprint density at radius 3 is 2.37 bits per heavy atom. The van der Waals surface area contributed by atoms with Gasteiger partial charge in [0, 0.05) is 5.56 Å². The van der Waals surface area contributed by atoms with Crippen molar-refractivity contribution in [1.82, 2.24) is 5.32 Å². The predicted molar refractivity (Wildman–Crippen MR) is 114 cm³/mol. The molecule has 2 amide bonds. The largest absolute Gasteiger partial charge is 0.478 e. The van der Waals surface area contributed by atoms with Crippen molar-refractivity contribution in [2.24, 2.45) is 0 Å². The van der Waals surface area contributed by atoms with Crippen molar-refractivity contribution in [3.8, 4) is 11.3 Å². The minimum atomic E-state index is -1.09. The molecule has 2 heterocycles. The van der Waals surface area contributed by atoms with E-state index in [4.69, 9.17) is 21.7 Å². The summed E-state index contributed by atoms with van der Waals surface area (Å²) >= 11 is 5.14. The van der Waals surface area contributed by atoms with Crippen LogP contribution in [-0.4, -0.2) is 28.0 Å². The molecule has 1 aliphatic heterocycles. The summed E-state index contributed by atoms with van der Waals surface area (Å²) in [4.78, 5) is 37.6. The van der Waals surface area contributed by atoms with Gasteiger partial charge in [-0.2, -0.15) is 0 Å². The number of furan rings is 1. The first-order valence-electron chi connectivity index (χ1n) is 8.84. The van der Waals surface area contributed by atoms with Gasteiger partial charge < -0.3 is 9.52 Å². The molecular formula is C22H14N2O5S. The van der Waals surface area contributed by atoms with Gasteiger partial charge in [0.25, 0.3) is 11.8 Å². The zero-order valence-corrected chi connectivity index (χ0v) is 16.2. The molecule has 0 spiro atoms. The van der Waals surface area contributed by atoms with E-state index in [1.54, 1.807) is 12.1 Å². The van der Waals surface area contributed by atoms with E-state index in [0.717, 1.165) is 10.5 Å². The van der Waals surface area contributed by atoms with E-state index >= 15 is 0 Å². The minimum Gasteiger partial charge on any atom is -0.478 e. The summed E-state index contributed by atoms with van der Waals surface area (Å²) < 4.78 is 5.75. The maximum Gasteiger partial charge on any atom is 0.335 e. The summed E-state index contributed by atoms with van der Waals surface area (Å²) in [6.45, 7) is 0. The van der Waals surface area contributed by atoms with E-state index in [-0.39, 0.29) is 16.2 Å². The molecule has 4 rings (SSSR count). The van der Waals surface area contributed by atoms with Crippen LogP contribution in [0, 0.1) is 0 Å². The zero-order valence-electron chi connectivity index (χ0n) is 15.4. The van der Waals surface area contributed by atoms with Crippen molar-refractivity contribution in [3.63, 3.8) is 0 Å². The van der Waals surface area contributed by atoms with Crippen LogP contribution < -0.4 is 10.2 Å². The fraction of sp³-hybridized carbons (Fsp3) is 0. The molecule has 2 aromatic carbocycles. The molecule has 7 nitrogen and oxygen atoms in total. The van der Waals surface area contributed by atoms with E-state index in [0.29, 0.717) is 17.2 Å². The van der Waals surface area contributed by atoms with Gasteiger partial charge in [-0.3, -0.25) is 19.8 Å². The molecule has 3 aromatic rings. The molecule has 30 heavy (non-hydrogen) atoms. The number of hydrogen-bond donors (Lipinski definition) is 2. The Bertz CT molecular complexity index is 1200. The standard InChI is InChI=1S/C22H14N2O5S/c25-19-17(12-16-10-11-18(29-16)13-4-2-1-3-5-13)20(26)24(22(30)23-19)15-8-6-14(7-9-15)21(27)28/h1-12H,(H,27,28)(H,23,25,30)/b17-12+. The molecule has 0 bridgehead atoms. The van der Waals surface area contributed by atoms with E-state index < -0.39 is 17.8 Å². The fourth-order valence-electron chi connectivity index (χ4n) is 2.98. The van der Waals surface area contributed by atoms with Gasteiger partial charge in [-0.05, 0) is 54.7 Å². The van der Waals surface area contributed by atoms with Crippen molar-refractivity contribution >= 4 is 46.9 Å². The third-order valence-corrected chi connectivity index (χ3v) is 4.73. The highest BCUT2D eigenvalue weighted by Crippen LogP contribution is 2.26. The number of nitrogens with zero attached hydrogens (tertiary/aromatic N) is 1. The first-order chi connectivity index (χ1) is 14.4. The van der Waals surface area contributed by atoms with Gasteiger partial charge in [-0.1, -0.05) is 30.3 Å². The van der Waals surface area contributed by atoms with Crippen LogP contribution in [0.5, 0.6) is 0 Å². The third-order valence-electron chi connectivity index (χ3n) is 4.45. The molecule has 0 saturated carbocycles. The topological polar surface area (TPSA) is 99.9 Å². The number of carboxylic acids is 1. The molecule has 1 aliphatic rings. The maximum atomic E-state index is 13.0. The normalized spacial score (nSPS) is 15.4. The number of benzene rings is 2. The number of aromatic carboxylic acids is 1. The Labute approximate surface area is 176 Å². The zero-order chi connectivity index (χ0) is 21.3. The predicted octanol–water partition coefficient (Wildman–Crippen LogP) is 3.48. The van der Waals surface area contributed by atoms with Gasteiger partial charge in [0.05, 0.1) is 11.3 Å². The molecular weight excluding hydrogens is 404 g/mol. The number of amides is 2. The SMILES string of the molecule is O=C1NC(=S)N(c2ccc(C(=O)O)cc2)C(=O)/C1=C/c1ccc(-c2ccccc2)o1. The lowest BCUT2D eigenvalue weighted by atomic mass is 10.1. The van der Waals surface area contributed by atoms with Gasteiger partial charge in [0.1, 0.15) is 17.1 Å². The number of nitrogens with one attached hydrogen (secondary N) is 1. The molecule has 8 heteroatoms. The first-order valence-corrected chi connectivity index (χ1v) is 9.25. The molecule has 0 atom stereocenters. The molecule has 2 N–H and O–H groups in total. The average Bonchev–Trinajstić information content (AvgIpc) is 3.21. The fourth-order valence-corrected chi connectivity index (χ4v) is 3.26. The van der Waals surface area contributed by atoms with E-state index in [1.807, 2.05) is 30.3 Å². The quantitative estimate of drug-likeness (QED) is 0.382. The number of thiocarbonyl (C=S) groups is 1. The van der Waals surface area contributed by atoms with E-state index in [9.17, 15) is 14.4 Å². The van der Waals surface area contributed by atoms with Crippen LogP contribution in [0.2, 0.25) is 0 Å². The van der Waals surface area contributed by atoms with Crippen LogP contribution in [0.1, 0.15) is 16.1 Å². The molecule has 1 saturated heterocycles. The highest BCUT2D eigenvalue weighted by molar-refractivity contribution is 7.80. The smallest absolute Gasteiger partial charge is 0.335 e. The highest BCUT2D eigenvalue weighted by Gasteiger charge is 2.34. The van der Waals surface area contributed by atoms with E-state index in [2.05, 4.69) is 5.32 Å². The Morgan fingerprint density at radius 1 is 1.00 bits per heavy atom. The number of rotatable bonds is 4. The lowest BCUT2D eigenvalue weighted by Gasteiger charge is -2.28. The summed E-state index contributed by atoms with van der Waals surface area (Å²) in [7, 11) is 0. The molecule has 1 fully saturated rings. The summed E-state index contributed by atoms with van der Waals surface area (Å²) in [6.07, 6.45) is 1.35. The van der Waals surface area contributed by atoms with Crippen molar-refractivity contribution < 1.29 is 23.9 Å². The van der Waals surface area contributed by atoms with Crippen LogP contribution >= 0.6 is 12.2 Å². The number of anilines is 1. The highest BCUT2D eigenvalue weighted by atomic mass is 32.1. The van der Waals surface area contributed by atoms with Crippen molar-refractivity contribution in [2.45, 2.75) is 0 Å². The van der Waals surface area contributed by atoms with Gasteiger partial charge in [0.2, 0.25) is 0 Å². The van der Waals surface area contributed by atoms with Gasteiger partial charge >= 0.3 is 5.97 Å². The Balaban J connectivity index is 1.66. The van der Waals surface area contributed by atoms with Crippen molar-refractivity contribution in [3.05, 3.63) is 83.6 Å². The van der Waals surface area contributed by atoms with Crippen LogP contribution in [-0.2, 0) is 9.59 Å². The average molecular weight is 418 g/mol.